The lowest BCUT2D eigenvalue weighted by atomic mass is 10.0. The maximum Gasteiger partial charge on any atom is 0.224 e. The first kappa shape index (κ1) is 16.0. The topological polar surface area (TPSA) is 72.2 Å². The number of carbonyl (C=O) groups is 1. The van der Waals surface area contributed by atoms with Gasteiger partial charge in [0.05, 0.1) is 5.69 Å². The van der Waals surface area contributed by atoms with E-state index >= 15 is 0 Å². The van der Waals surface area contributed by atoms with Gasteiger partial charge in [0, 0.05) is 23.7 Å². The second-order valence-corrected chi connectivity index (χ2v) is 5.47. The number of benzene rings is 1. The summed E-state index contributed by atoms with van der Waals surface area (Å²) in [4.78, 5) is 12.0. The number of nitrogens with zero attached hydrogens (tertiary/aromatic N) is 4. The van der Waals surface area contributed by atoms with Gasteiger partial charge in [0.1, 0.15) is 6.33 Å². The number of rotatable bonds is 4. The molecule has 1 N–H and O–H groups in total. The molecular weight excluding hydrogens is 316 g/mol. The van der Waals surface area contributed by atoms with E-state index in [1.807, 2.05) is 13.8 Å². The van der Waals surface area contributed by atoms with Gasteiger partial charge < -0.3 is 5.32 Å². The summed E-state index contributed by atoms with van der Waals surface area (Å²) in [5.41, 5.74) is 3.51. The van der Waals surface area contributed by atoms with Crippen molar-refractivity contribution < 1.29 is 13.6 Å². The van der Waals surface area contributed by atoms with Crippen LogP contribution in [0.4, 0.5) is 14.5 Å². The summed E-state index contributed by atoms with van der Waals surface area (Å²) in [6, 6.07) is 3.24. The highest BCUT2D eigenvalue weighted by molar-refractivity contribution is 5.90. The molecule has 1 aromatic carbocycles. The van der Waals surface area contributed by atoms with Crippen LogP contribution >= 0.6 is 0 Å². The first-order valence-electron chi connectivity index (χ1n) is 7.36. The molecule has 0 fully saturated rings. The zero-order valence-electron chi connectivity index (χ0n) is 13.2. The van der Waals surface area contributed by atoms with Gasteiger partial charge in [-0.2, -0.15) is 5.10 Å². The lowest BCUT2D eigenvalue weighted by molar-refractivity contribution is -0.116. The maximum absolute atomic E-state index is 13.2. The lowest BCUT2D eigenvalue weighted by Gasteiger charge is -2.10. The highest BCUT2D eigenvalue weighted by Gasteiger charge is 2.13. The molecule has 0 aliphatic heterocycles. The molecule has 8 heteroatoms. The van der Waals surface area contributed by atoms with Crippen molar-refractivity contribution in [1.29, 1.82) is 0 Å². The van der Waals surface area contributed by atoms with Crippen LogP contribution in [0.25, 0.3) is 5.65 Å². The van der Waals surface area contributed by atoms with Crippen LogP contribution in [0.15, 0.2) is 24.5 Å². The molecule has 0 saturated carbocycles. The van der Waals surface area contributed by atoms with Crippen molar-refractivity contribution in [2.75, 3.05) is 5.32 Å². The van der Waals surface area contributed by atoms with E-state index < -0.39 is 11.6 Å². The molecule has 0 unspecified atom stereocenters. The van der Waals surface area contributed by atoms with Gasteiger partial charge in [-0.3, -0.25) is 4.79 Å². The van der Waals surface area contributed by atoms with Gasteiger partial charge in [-0.25, -0.2) is 13.3 Å². The molecule has 2 aromatic heterocycles. The van der Waals surface area contributed by atoms with E-state index in [4.69, 9.17) is 0 Å². The van der Waals surface area contributed by atoms with Crippen molar-refractivity contribution in [1.82, 2.24) is 19.8 Å². The molecule has 24 heavy (non-hydrogen) atoms. The van der Waals surface area contributed by atoms with E-state index in [1.54, 1.807) is 4.52 Å². The molecule has 0 radical (unpaired) electrons. The number of hydrogen-bond acceptors (Lipinski definition) is 4. The number of hydrogen-bond donors (Lipinski definition) is 1. The minimum Gasteiger partial charge on any atom is -0.326 e. The average molecular weight is 331 g/mol. The molecule has 3 aromatic rings. The van der Waals surface area contributed by atoms with E-state index in [0.717, 1.165) is 29.0 Å². The molecular formula is C16H15F2N5O. The molecule has 1 amide bonds. The monoisotopic (exact) mass is 331 g/mol. The van der Waals surface area contributed by atoms with Crippen LogP contribution in [0.2, 0.25) is 0 Å². The molecule has 3 rings (SSSR count). The van der Waals surface area contributed by atoms with Crippen molar-refractivity contribution in [2.45, 2.75) is 26.7 Å². The fourth-order valence-electron chi connectivity index (χ4n) is 2.58. The second-order valence-electron chi connectivity index (χ2n) is 5.47. The molecule has 0 aliphatic rings. The van der Waals surface area contributed by atoms with E-state index in [2.05, 4.69) is 20.6 Å². The van der Waals surface area contributed by atoms with Crippen LogP contribution in [0, 0.1) is 25.5 Å². The van der Waals surface area contributed by atoms with E-state index in [1.165, 1.54) is 12.4 Å². The Labute approximate surface area is 136 Å². The molecule has 2 heterocycles. The highest BCUT2D eigenvalue weighted by Crippen LogP contribution is 2.18. The second kappa shape index (κ2) is 6.31. The van der Waals surface area contributed by atoms with Crippen LogP contribution < -0.4 is 5.32 Å². The lowest BCUT2D eigenvalue weighted by Crippen LogP contribution is -2.14. The minimum absolute atomic E-state index is 0.187. The molecule has 0 atom stereocenters. The van der Waals surface area contributed by atoms with Gasteiger partial charge in [-0.05, 0) is 38.0 Å². The molecule has 0 saturated heterocycles. The number of aromatic nitrogens is 4. The summed E-state index contributed by atoms with van der Waals surface area (Å²) in [5.74, 6) is -2.24. The van der Waals surface area contributed by atoms with E-state index in [0.29, 0.717) is 12.1 Å². The van der Waals surface area contributed by atoms with Crippen molar-refractivity contribution in [2.24, 2.45) is 0 Å². The summed E-state index contributed by atoms with van der Waals surface area (Å²) in [6.45, 7) is 3.76. The number of carbonyl (C=O) groups excluding carboxylic acids is 1. The Kier molecular flexibility index (Phi) is 4.20. The van der Waals surface area contributed by atoms with Gasteiger partial charge in [0.2, 0.25) is 5.91 Å². The predicted octanol–water partition coefficient (Wildman–Crippen LogP) is 2.59. The number of nitrogens with one attached hydrogen (secondary N) is 1. The molecule has 6 nitrogen and oxygen atoms in total. The summed E-state index contributed by atoms with van der Waals surface area (Å²) in [6.07, 6.45) is 2.17. The molecule has 0 bridgehead atoms. The smallest absolute Gasteiger partial charge is 0.224 e. The van der Waals surface area contributed by atoms with Crippen LogP contribution in [0.5, 0.6) is 0 Å². The SMILES string of the molecule is Cc1nn2cnnc2c(C)c1CCC(=O)Nc1ccc(F)c(F)c1. The zero-order chi connectivity index (χ0) is 17.3. The molecule has 0 aliphatic carbocycles. The normalized spacial score (nSPS) is 11.0. The van der Waals surface area contributed by atoms with Gasteiger partial charge in [-0.1, -0.05) is 0 Å². The summed E-state index contributed by atoms with van der Waals surface area (Å²) in [5, 5.41) is 14.7. The third-order valence-electron chi connectivity index (χ3n) is 3.82. The molecule has 0 spiro atoms. The molecule has 124 valence electrons. The Hall–Kier alpha value is -2.90. The number of amides is 1. The standard InChI is InChI=1S/C16H15F2N5O/c1-9-12(10(2)22-23-8-19-21-16(9)23)4-6-15(24)20-11-3-5-13(17)14(18)7-11/h3,5,7-8H,4,6H2,1-2H3,(H,20,24). The minimum atomic E-state index is -0.999. The first-order valence-corrected chi connectivity index (χ1v) is 7.36. The van der Waals surface area contributed by atoms with Crippen LogP contribution in [0.3, 0.4) is 0 Å². The Morgan fingerprint density at radius 1 is 1.25 bits per heavy atom. The van der Waals surface area contributed by atoms with Crippen LogP contribution in [-0.2, 0) is 11.2 Å². The van der Waals surface area contributed by atoms with Gasteiger partial charge in [0.25, 0.3) is 0 Å². The van der Waals surface area contributed by atoms with Gasteiger partial charge in [-0.15, -0.1) is 10.2 Å². The summed E-state index contributed by atoms with van der Waals surface area (Å²) >= 11 is 0. The average Bonchev–Trinajstić information content (AvgIpc) is 2.99. The van der Waals surface area contributed by atoms with Gasteiger partial charge >= 0.3 is 0 Å². The summed E-state index contributed by atoms with van der Waals surface area (Å²) < 4.78 is 27.6. The quantitative estimate of drug-likeness (QED) is 0.797. The maximum atomic E-state index is 13.2. The fraction of sp³-hybridized carbons (Fsp3) is 0.250. The van der Waals surface area contributed by atoms with Crippen LogP contribution in [-0.4, -0.2) is 25.7 Å². The fourth-order valence-corrected chi connectivity index (χ4v) is 2.58. The van der Waals surface area contributed by atoms with Crippen LogP contribution in [0.1, 0.15) is 23.2 Å². The third kappa shape index (κ3) is 3.08. The van der Waals surface area contributed by atoms with E-state index in [9.17, 15) is 13.6 Å². The Morgan fingerprint density at radius 2 is 2.04 bits per heavy atom. The number of fused-ring (bicyclic) bond motifs is 1. The van der Waals surface area contributed by atoms with Gasteiger partial charge in [0.15, 0.2) is 17.3 Å². The third-order valence-corrected chi connectivity index (χ3v) is 3.82. The van der Waals surface area contributed by atoms with Crippen molar-refractivity contribution in [3.8, 4) is 0 Å². The number of halogens is 2. The largest absolute Gasteiger partial charge is 0.326 e. The number of anilines is 1. The van der Waals surface area contributed by atoms with Crippen molar-refractivity contribution in [3.05, 3.63) is 53.0 Å². The Bertz CT molecular complexity index is 922. The zero-order valence-corrected chi connectivity index (χ0v) is 13.2. The highest BCUT2D eigenvalue weighted by atomic mass is 19.2. The first-order chi connectivity index (χ1) is 11.5. The number of aryl methyl sites for hydroxylation is 2. The Balaban J connectivity index is 1.71. The Morgan fingerprint density at radius 3 is 2.79 bits per heavy atom. The van der Waals surface area contributed by atoms with E-state index in [-0.39, 0.29) is 18.0 Å². The van der Waals surface area contributed by atoms with Crippen molar-refractivity contribution >= 4 is 17.2 Å². The predicted molar refractivity (Wildman–Crippen MR) is 83.6 cm³/mol. The summed E-state index contributed by atoms with van der Waals surface area (Å²) in [7, 11) is 0. The van der Waals surface area contributed by atoms with Crippen molar-refractivity contribution in [3.63, 3.8) is 0 Å².